The zero-order valence-corrected chi connectivity index (χ0v) is 11.6. The number of carbonyl (C=O) groups is 1. The number of aromatic hydroxyl groups is 1. The number of aliphatic hydroxyl groups is 1. The van der Waals surface area contributed by atoms with Gasteiger partial charge in [0.2, 0.25) is 5.91 Å². The van der Waals surface area contributed by atoms with Crippen molar-refractivity contribution < 1.29 is 19.7 Å². The first-order valence-corrected chi connectivity index (χ1v) is 6.51. The Balaban J connectivity index is 2.30. The molecule has 1 rings (SSSR count). The number of rotatable bonds is 8. The lowest BCUT2D eigenvalue weighted by molar-refractivity contribution is -0.122. The van der Waals surface area contributed by atoms with Crippen LogP contribution in [0.5, 0.6) is 5.75 Å². The summed E-state index contributed by atoms with van der Waals surface area (Å²) in [4.78, 5) is 11.8. The van der Waals surface area contributed by atoms with E-state index in [2.05, 4.69) is 5.32 Å². The molecule has 6 nitrogen and oxygen atoms in total. The van der Waals surface area contributed by atoms with Crippen molar-refractivity contribution in [3.05, 3.63) is 29.8 Å². The molecular formula is C14H22N2O4. The maximum Gasteiger partial charge on any atom is 0.237 e. The molecule has 0 aliphatic carbocycles. The van der Waals surface area contributed by atoms with Gasteiger partial charge < -0.3 is 26.0 Å². The summed E-state index contributed by atoms with van der Waals surface area (Å²) in [5.74, 6) is -0.0819. The molecular weight excluding hydrogens is 260 g/mol. The second-order valence-corrected chi connectivity index (χ2v) is 4.67. The van der Waals surface area contributed by atoms with E-state index in [4.69, 9.17) is 15.6 Å². The Morgan fingerprint density at radius 3 is 2.65 bits per heavy atom. The third kappa shape index (κ3) is 6.01. The topological polar surface area (TPSA) is 105 Å². The summed E-state index contributed by atoms with van der Waals surface area (Å²) in [6.07, 6.45) is 0.228. The van der Waals surface area contributed by atoms with Gasteiger partial charge in [0.1, 0.15) is 5.75 Å². The zero-order valence-electron chi connectivity index (χ0n) is 11.6. The number of aliphatic hydroxyl groups excluding tert-OH is 1. The fourth-order valence-corrected chi connectivity index (χ4v) is 1.75. The van der Waals surface area contributed by atoms with Crippen molar-refractivity contribution in [1.29, 1.82) is 0 Å². The van der Waals surface area contributed by atoms with E-state index in [0.29, 0.717) is 19.4 Å². The van der Waals surface area contributed by atoms with E-state index in [-0.39, 0.29) is 18.3 Å². The van der Waals surface area contributed by atoms with Gasteiger partial charge in [0.15, 0.2) is 0 Å². The molecule has 5 N–H and O–H groups in total. The van der Waals surface area contributed by atoms with Crippen LogP contribution in [-0.4, -0.2) is 48.5 Å². The minimum absolute atomic E-state index is 0.180. The predicted molar refractivity (Wildman–Crippen MR) is 75.3 cm³/mol. The molecule has 0 saturated carbocycles. The van der Waals surface area contributed by atoms with E-state index in [0.717, 1.165) is 5.56 Å². The van der Waals surface area contributed by atoms with Crippen molar-refractivity contribution in [2.45, 2.75) is 25.0 Å². The number of carbonyl (C=O) groups excluding carboxylic acids is 1. The highest BCUT2D eigenvalue weighted by atomic mass is 16.5. The van der Waals surface area contributed by atoms with E-state index in [1.54, 1.807) is 24.3 Å². The van der Waals surface area contributed by atoms with Gasteiger partial charge in [0.05, 0.1) is 18.8 Å². The quantitative estimate of drug-likeness (QED) is 0.527. The first-order valence-electron chi connectivity index (χ1n) is 6.51. The number of benzene rings is 1. The number of phenols is 1. The van der Waals surface area contributed by atoms with Crippen LogP contribution in [0.2, 0.25) is 0 Å². The van der Waals surface area contributed by atoms with Crippen molar-refractivity contribution in [1.82, 2.24) is 5.32 Å². The molecule has 1 aromatic carbocycles. The lowest BCUT2D eigenvalue weighted by atomic mass is 10.1. The SMILES string of the molecule is COCC(O)CCNC(=O)C(N)Cc1ccc(O)cc1. The Morgan fingerprint density at radius 2 is 2.05 bits per heavy atom. The van der Waals surface area contributed by atoms with Gasteiger partial charge in [0.25, 0.3) is 0 Å². The van der Waals surface area contributed by atoms with Crippen LogP contribution in [0.4, 0.5) is 0 Å². The van der Waals surface area contributed by atoms with Crippen molar-refractivity contribution in [3.63, 3.8) is 0 Å². The number of phenolic OH excluding ortho intramolecular Hbond substituents is 1. The normalized spacial score (nSPS) is 13.8. The van der Waals surface area contributed by atoms with Crippen molar-refractivity contribution in [2.75, 3.05) is 20.3 Å². The van der Waals surface area contributed by atoms with Gasteiger partial charge >= 0.3 is 0 Å². The molecule has 0 aliphatic heterocycles. The molecule has 1 aromatic rings. The Morgan fingerprint density at radius 1 is 1.40 bits per heavy atom. The number of hydrogen-bond donors (Lipinski definition) is 4. The van der Waals surface area contributed by atoms with Crippen LogP contribution in [0.15, 0.2) is 24.3 Å². The Kier molecular flexibility index (Phi) is 7.00. The molecule has 0 radical (unpaired) electrons. The third-order valence-corrected chi connectivity index (χ3v) is 2.86. The van der Waals surface area contributed by atoms with E-state index in [1.165, 1.54) is 7.11 Å². The van der Waals surface area contributed by atoms with Gasteiger partial charge in [-0.2, -0.15) is 0 Å². The third-order valence-electron chi connectivity index (χ3n) is 2.86. The molecule has 0 saturated heterocycles. The number of methoxy groups -OCH3 is 1. The predicted octanol–water partition coefficient (Wildman–Crippen LogP) is -0.224. The summed E-state index contributed by atoms with van der Waals surface area (Å²) in [5.41, 5.74) is 6.68. The molecule has 0 bridgehead atoms. The number of nitrogens with one attached hydrogen (secondary N) is 1. The maximum atomic E-state index is 11.8. The number of amides is 1. The molecule has 0 aromatic heterocycles. The summed E-state index contributed by atoms with van der Waals surface area (Å²) in [7, 11) is 1.51. The van der Waals surface area contributed by atoms with Crippen molar-refractivity contribution >= 4 is 5.91 Å². The molecule has 112 valence electrons. The second-order valence-electron chi connectivity index (χ2n) is 4.67. The van der Waals surface area contributed by atoms with Crippen LogP contribution in [0, 0.1) is 0 Å². The van der Waals surface area contributed by atoms with Gasteiger partial charge in [-0.25, -0.2) is 0 Å². The number of hydrogen-bond acceptors (Lipinski definition) is 5. The molecule has 0 spiro atoms. The van der Waals surface area contributed by atoms with E-state index >= 15 is 0 Å². The molecule has 0 aliphatic rings. The van der Waals surface area contributed by atoms with Gasteiger partial charge in [-0.1, -0.05) is 12.1 Å². The Labute approximate surface area is 118 Å². The summed E-state index contributed by atoms with van der Waals surface area (Å²) < 4.78 is 4.79. The average Bonchev–Trinajstić information content (AvgIpc) is 2.41. The van der Waals surface area contributed by atoms with Gasteiger partial charge in [0, 0.05) is 13.7 Å². The summed E-state index contributed by atoms with van der Waals surface area (Å²) >= 11 is 0. The highest BCUT2D eigenvalue weighted by molar-refractivity contribution is 5.81. The molecule has 20 heavy (non-hydrogen) atoms. The molecule has 2 atom stereocenters. The first-order chi connectivity index (χ1) is 9.52. The van der Waals surface area contributed by atoms with Gasteiger partial charge in [-0.3, -0.25) is 4.79 Å². The summed E-state index contributed by atoms with van der Waals surface area (Å²) in [6.45, 7) is 0.599. The Hall–Kier alpha value is -1.63. The fraction of sp³-hybridized carbons (Fsp3) is 0.500. The minimum atomic E-state index is -0.654. The lowest BCUT2D eigenvalue weighted by Gasteiger charge is -2.14. The van der Waals surface area contributed by atoms with Crippen LogP contribution in [-0.2, 0) is 16.0 Å². The summed E-state index contributed by atoms with van der Waals surface area (Å²) in [6, 6.07) is 5.91. The molecule has 0 fully saturated rings. The number of nitrogens with two attached hydrogens (primary N) is 1. The minimum Gasteiger partial charge on any atom is -0.508 e. The van der Waals surface area contributed by atoms with E-state index in [9.17, 15) is 9.90 Å². The van der Waals surface area contributed by atoms with Crippen LogP contribution < -0.4 is 11.1 Å². The number of ether oxygens (including phenoxy) is 1. The monoisotopic (exact) mass is 282 g/mol. The second kappa shape index (κ2) is 8.52. The largest absolute Gasteiger partial charge is 0.508 e. The molecule has 2 unspecified atom stereocenters. The van der Waals surface area contributed by atoms with Crippen LogP contribution in [0.1, 0.15) is 12.0 Å². The molecule has 6 heteroatoms. The van der Waals surface area contributed by atoms with Crippen LogP contribution in [0.25, 0.3) is 0 Å². The van der Waals surface area contributed by atoms with Gasteiger partial charge in [-0.05, 0) is 30.5 Å². The molecule has 1 amide bonds. The smallest absolute Gasteiger partial charge is 0.237 e. The highest BCUT2D eigenvalue weighted by Gasteiger charge is 2.14. The maximum absolute atomic E-state index is 11.8. The fourth-order valence-electron chi connectivity index (χ4n) is 1.75. The highest BCUT2D eigenvalue weighted by Crippen LogP contribution is 2.10. The standard InChI is InChI=1S/C14H22N2O4/c1-20-9-12(18)6-7-16-14(19)13(15)8-10-2-4-11(17)5-3-10/h2-5,12-13,17-18H,6-9,15H2,1H3,(H,16,19). The molecule has 0 heterocycles. The summed E-state index contributed by atoms with van der Waals surface area (Å²) in [5, 5.41) is 21.3. The zero-order chi connectivity index (χ0) is 15.0. The van der Waals surface area contributed by atoms with Crippen LogP contribution in [0.3, 0.4) is 0 Å². The lowest BCUT2D eigenvalue weighted by Crippen LogP contribution is -2.43. The average molecular weight is 282 g/mol. The van der Waals surface area contributed by atoms with E-state index in [1.807, 2.05) is 0 Å². The van der Waals surface area contributed by atoms with Crippen molar-refractivity contribution in [2.24, 2.45) is 5.73 Å². The van der Waals surface area contributed by atoms with Crippen molar-refractivity contribution in [3.8, 4) is 5.75 Å². The Bertz CT molecular complexity index is 408. The van der Waals surface area contributed by atoms with E-state index < -0.39 is 12.1 Å². The first kappa shape index (κ1) is 16.4. The van der Waals surface area contributed by atoms with Gasteiger partial charge in [-0.15, -0.1) is 0 Å². The van der Waals surface area contributed by atoms with Crippen LogP contribution >= 0.6 is 0 Å².